The van der Waals surface area contributed by atoms with Crippen LogP contribution >= 0.6 is 0 Å². The van der Waals surface area contributed by atoms with Crippen LogP contribution in [-0.4, -0.2) is 24.4 Å². The zero-order chi connectivity index (χ0) is 9.80. The van der Waals surface area contributed by atoms with Gasteiger partial charge in [0.2, 0.25) is 6.41 Å². The molecule has 0 radical (unpaired) electrons. The molecular weight excluding hydrogens is 174 g/mol. The van der Waals surface area contributed by atoms with E-state index in [9.17, 15) is 4.79 Å². The molecular formula is C12H15NO. The van der Waals surface area contributed by atoms with Crippen molar-refractivity contribution in [2.45, 2.75) is 19.3 Å². The van der Waals surface area contributed by atoms with Crippen molar-refractivity contribution in [3.05, 3.63) is 35.4 Å². The summed E-state index contributed by atoms with van der Waals surface area (Å²) in [5.74, 6) is 0. The first kappa shape index (κ1) is 9.25. The van der Waals surface area contributed by atoms with E-state index in [1.807, 2.05) is 4.90 Å². The number of amides is 1. The summed E-state index contributed by atoms with van der Waals surface area (Å²) in [7, 11) is 0. The van der Waals surface area contributed by atoms with Crippen molar-refractivity contribution >= 4 is 6.41 Å². The van der Waals surface area contributed by atoms with Crippen molar-refractivity contribution in [2.24, 2.45) is 0 Å². The minimum Gasteiger partial charge on any atom is -0.345 e. The molecule has 0 bridgehead atoms. The second kappa shape index (κ2) is 4.27. The summed E-state index contributed by atoms with van der Waals surface area (Å²) >= 11 is 0. The average Bonchev–Trinajstić information content (AvgIpc) is 2.19. The lowest BCUT2D eigenvalue weighted by Crippen LogP contribution is -2.27. The zero-order valence-electron chi connectivity index (χ0n) is 8.28. The Kier molecular flexibility index (Phi) is 2.82. The van der Waals surface area contributed by atoms with E-state index in [4.69, 9.17) is 0 Å². The number of nitrogens with zero attached hydrogens (tertiary/aromatic N) is 1. The van der Waals surface area contributed by atoms with Crippen molar-refractivity contribution in [3.8, 4) is 0 Å². The van der Waals surface area contributed by atoms with E-state index in [0.717, 1.165) is 38.8 Å². The highest BCUT2D eigenvalue weighted by Crippen LogP contribution is 2.14. The molecule has 1 amide bonds. The van der Waals surface area contributed by atoms with Crippen molar-refractivity contribution in [2.75, 3.05) is 13.1 Å². The number of rotatable bonds is 1. The first-order valence-electron chi connectivity index (χ1n) is 5.16. The number of aryl methyl sites for hydroxylation is 1. The Bertz CT molecular complexity index is 322. The summed E-state index contributed by atoms with van der Waals surface area (Å²) in [6.07, 6.45) is 4.14. The second-order valence-electron chi connectivity index (χ2n) is 3.76. The van der Waals surface area contributed by atoms with Gasteiger partial charge in [-0.3, -0.25) is 4.79 Å². The molecule has 1 heterocycles. The molecule has 2 heteroatoms. The molecule has 0 N–H and O–H groups in total. The molecule has 1 aliphatic heterocycles. The maximum absolute atomic E-state index is 10.7. The topological polar surface area (TPSA) is 20.3 Å². The average molecular weight is 189 g/mol. The van der Waals surface area contributed by atoms with Crippen LogP contribution in [-0.2, 0) is 17.6 Å². The summed E-state index contributed by atoms with van der Waals surface area (Å²) < 4.78 is 0. The van der Waals surface area contributed by atoms with E-state index in [1.165, 1.54) is 11.1 Å². The Hall–Kier alpha value is -1.31. The molecule has 0 atom stereocenters. The van der Waals surface area contributed by atoms with Crippen molar-refractivity contribution in [1.82, 2.24) is 4.90 Å². The van der Waals surface area contributed by atoms with Crippen LogP contribution in [0.25, 0.3) is 0 Å². The van der Waals surface area contributed by atoms with Gasteiger partial charge in [-0.05, 0) is 30.4 Å². The molecule has 0 saturated carbocycles. The van der Waals surface area contributed by atoms with Crippen LogP contribution in [0.15, 0.2) is 24.3 Å². The van der Waals surface area contributed by atoms with Crippen molar-refractivity contribution in [1.29, 1.82) is 0 Å². The van der Waals surface area contributed by atoms with Gasteiger partial charge in [-0.25, -0.2) is 0 Å². The van der Waals surface area contributed by atoms with Crippen LogP contribution in [0.3, 0.4) is 0 Å². The van der Waals surface area contributed by atoms with Gasteiger partial charge >= 0.3 is 0 Å². The standard InChI is InChI=1S/C12H15NO/c14-10-13-8-3-6-11-4-1-2-5-12(11)7-9-13/h1-2,4-5,10H,3,6-9H2. The van der Waals surface area contributed by atoms with Crippen LogP contribution in [0.5, 0.6) is 0 Å². The highest BCUT2D eigenvalue weighted by atomic mass is 16.1. The number of hydrogen-bond acceptors (Lipinski definition) is 1. The summed E-state index contributed by atoms with van der Waals surface area (Å²) in [6, 6.07) is 8.54. The van der Waals surface area contributed by atoms with Gasteiger partial charge < -0.3 is 4.90 Å². The monoisotopic (exact) mass is 189 g/mol. The fourth-order valence-corrected chi connectivity index (χ4v) is 2.00. The number of carbonyl (C=O) groups excluding carboxylic acids is 1. The number of carbonyl (C=O) groups is 1. The Labute approximate surface area is 84.5 Å². The minimum atomic E-state index is 0.862. The molecule has 0 aromatic heterocycles. The lowest BCUT2D eigenvalue weighted by molar-refractivity contribution is -0.118. The first-order valence-corrected chi connectivity index (χ1v) is 5.16. The normalized spacial score (nSPS) is 16.7. The van der Waals surface area contributed by atoms with Gasteiger partial charge in [-0.2, -0.15) is 0 Å². The Balaban J connectivity index is 2.16. The molecule has 0 unspecified atom stereocenters. The second-order valence-corrected chi connectivity index (χ2v) is 3.76. The third kappa shape index (κ3) is 1.95. The summed E-state index contributed by atoms with van der Waals surface area (Å²) in [5.41, 5.74) is 2.86. The molecule has 14 heavy (non-hydrogen) atoms. The highest BCUT2D eigenvalue weighted by molar-refractivity contribution is 5.47. The number of benzene rings is 1. The van der Waals surface area contributed by atoms with Crippen LogP contribution in [0.4, 0.5) is 0 Å². The van der Waals surface area contributed by atoms with Crippen molar-refractivity contribution in [3.63, 3.8) is 0 Å². The Morgan fingerprint density at radius 1 is 1.07 bits per heavy atom. The highest BCUT2D eigenvalue weighted by Gasteiger charge is 2.09. The van der Waals surface area contributed by atoms with E-state index in [2.05, 4.69) is 24.3 Å². The first-order chi connectivity index (χ1) is 6.90. The van der Waals surface area contributed by atoms with E-state index in [0.29, 0.717) is 0 Å². The Morgan fingerprint density at radius 2 is 1.79 bits per heavy atom. The van der Waals surface area contributed by atoms with Crippen LogP contribution < -0.4 is 0 Å². The number of hydrogen-bond donors (Lipinski definition) is 0. The van der Waals surface area contributed by atoms with Crippen LogP contribution in [0, 0.1) is 0 Å². The predicted molar refractivity (Wildman–Crippen MR) is 56.1 cm³/mol. The zero-order valence-corrected chi connectivity index (χ0v) is 8.28. The SMILES string of the molecule is O=CN1CCCc2ccccc2CC1. The molecule has 0 saturated heterocycles. The number of fused-ring (bicyclic) bond motifs is 1. The van der Waals surface area contributed by atoms with Gasteiger partial charge in [0.25, 0.3) is 0 Å². The van der Waals surface area contributed by atoms with E-state index >= 15 is 0 Å². The largest absolute Gasteiger partial charge is 0.345 e. The molecule has 0 fully saturated rings. The molecule has 1 aliphatic rings. The van der Waals surface area contributed by atoms with E-state index in [1.54, 1.807) is 0 Å². The molecule has 0 aliphatic carbocycles. The summed E-state index contributed by atoms with van der Waals surface area (Å²) in [4.78, 5) is 12.5. The van der Waals surface area contributed by atoms with Gasteiger partial charge in [0.15, 0.2) is 0 Å². The van der Waals surface area contributed by atoms with E-state index in [-0.39, 0.29) is 0 Å². The van der Waals surface area contributed by atoms with Gasteiger partial charge in [-0.15, -0.1) is 0 Å². The maximum atomic E-state index is 10.7. The van der Waals surface area contributed by atoms with Crippen LogP contribution in [0.2, 0.25) is 0 Å². The summed E-state index contributed by atoms with van der Waals surface area (Å²) in [6.45, 7) is 1.76. The quantitative estimate of drug-likeness (QED) is 0.615. The van der Waals surface area contributed by atoms with Crippen LogP contribution in [0.1, 0.15) is 17.5 Å². The maximum Gasteiger partial charge on any atom is 0.209 e. The lowest BCUT2D eigenvalue weighted by Gasteiger charge is -2.21. The van der Waals surface area contributed by atoms with Crippen molar-refractivity contribution < 1.29 is 4.79 Å². The van der Waals surface area contributed by atoms with Gasteiger partial charge in [0.1, 0.15) is 0 Å². The predicted octanol–water partition coefficient (Wildman–Crippen LogP) is 1.63. The smallest absolute Gasteiger partial charge is 0.209 e. The fraction of sp³-hybridized carbons (Fsp3) is 0.417. The fourth-order valence-electron chi connectivity index (χ4n) is 2.00. The molecule has 1 aromatic carbocycles. The van der Waals surface area contributed by atoms with E-state index < -0.39 is 0 Å². The molecule has 2 rings (SSSR count). The Morgan fingerprint density at radius 3 is 2.50 bits per heavy atom. The third-order valence-electron chi connectivity index (χ3n) is 2.83. The molecule has 0 spiro atoms. The van der Waals surface area contributed by atoms with Gasteiger partial charge in [0.05, 0.1) is 0 Å². The summed E-state index contributed by atoms with van der Waals surface area (Å²) in [5, 5.41) is 0. The molecule has 74 valence electrons. The van der Waals surface area contributed by atoms with Gasteiger partial charge in [0, 0.05) is 13.1 Å². The minimum absolute atomic E-state index is 0.862. The van der Waals surface area contributed by atoms with Gasteiger partial charge in [-0.1, -0.05) is 24.3 Å². The molecule has 2 nitrogen and oxygen atoms in total. The lowest BCUT2D eigenvalue weighted by atomic mass is 9.98. The molecule has 1 aromatic rings. The third-order valence-corrected chi connectivity index (χ3v) is 2.83.